The van der Waals surface area contributed by atoms with E-state index in [0.717, 1.165) is 18.8 Å². The van der Waals surface area contributed by atoms with E-state index >= 15 is 0 Å². The molecule has 3 aromatic rings. The number of fused-ring (bicyclic) bond motifs is 3. The van der Waals surface area contributed by atoms with Gasteiger partial charge in [-0.05, 0) is 32.3 Å². The van der Waals surface area contributed by atoms with Gasteiger partial charge in [-0.25, -0.2) is 0 Å². The molecule has 0 fully saturated rings. The van der Waals surface area contributed by atoms with E-state index in [1.807, 2.05) is 6.07 Å². The third-order valence-electron chi connectivity index (χ3n) is 3.75. The van der Waals surface area contributed by atoms with Crippen LogP contribution in [0.25, 0.3) is 21.8 Å². The molecule has 0 spiro atoms. The van der Waals surface area contributed by atoms with Crippen molar-refractivity contribution >= 4 is 21.8 Å². The normalized spacial score (nSPS) is 11.6. The minimum absolute atomic E-state index is 0.909. The number of para-hydroxylation sites is 1. The van der Waals surface area contributed by atoms with Gasteiger partial charge in [-0.3, -0.25) is 0 Å². The molecule has 0 saturated heterocycles. The van der Waals surface area contributed by atoms with Gasteiger partial charge in [0.05, 0.1) is 12.6 Å². The molecule has 1 heterocycles. The summed E-state index contributed by atoms with van der Waals surface area (Å²) in [7, 11) is 5.93. The molecule has 0 unspecified atom stereocenters. The summed E-state index contributed by atoms with van der Waals surface area (Å²) in [6.07, 6.45) is 0. The highest BCUT2D eigenvalue weighted by molar-refractivity contribution is 6.08. The number of hydrogen-bond acceptors (Lipinski definition) is 2. The van der Waals surface area contributed by atoms with E-state index in [1.54, 1.807) is 7.11 Å². The molecule has 1 aromatic heterocycles. The van der Waals surface area contributed by atoms with E-state index in [0.29, 0.717) is 0 Å². The highest BCUT2D eigenvalue weighted by atomic mass is 16.5. The minimum Gasteiger partial charge on any atom is -0.497 e. The van der Waals surface area contributed by atoms with E-state index in [-0.39, 0.29) is 0 Å². The summed E-state index contributed by atoms with van der Waals surface area (Å²) in [5.41, 5.74) is 2.53. The zero-order valence-electron chi connectivity index (χ0n) is 12.3. The highest BCUT2D eigenvalue weighted by Gasteiger charge is 2.10. The Bertz CT molecular complexity index is 743. The minimum atomic E-state index is 0.909. The van der Waals surface area contributed by atoms with Gasteiger partial charge in [0.25, 0.3) is 0 Å². The second-order valence-corrected chi connectivity index (χ2v) is 5.36. The lowest BCUT2D eigenvalue weighted by molar-refractivity contribution is 0.389. The number of ether oxygens (including phenoxy) is 1. The number of hydrogen-bond donors (Lipinski definition) is 0. The van der Waals surface area contributed by atoms with Crippen LogP contribution in [0.2, 0.25) is 0 Å². The van der Waals surface area contributed by atoms with Crippen molar-refractivity contribution in [1.82, 2.24) is 9.47 Å². The summed E-state index contributed by atoms with van der Waals surface area (Å²) in [5.74, 6) is 0.909. The number of nitrogens with zero attached hydrogens (tertiary/aromatic N) is 2. The Kier molecular flexibility index (Phi) is 3.36. The van der Waals surface area contributed by atoms with Gasteiger partial charge in [-0.1, -0.05) is 18.2 Å². The van der Waals surface area contributed by atoms with Crippen LogP contribution < -0.4 is 4.74 Å². The number of aromatic nitrogens is 1. The van der Waals surface area contributed by atoms with Crippen LogP contribution in [0.1, 0.15) is 0 Å². The average Bonchev–Trinajstić information content (AvgIpc) is 2.78. The van der Waals surface area contributed by atoms with E-state index in [1.165, 1.54) is 21.8 Å². The van der Waals surface area contributed by atoms with Crippen molar-refractivity contribution in [2.45, 2.75) is 6.54 Å². The molecule has 0 radical (unpaired) electrons. The van der Waals surface area contributed by atoms with Crippen molar-refractivity contribution in [3.8, 4) is 5.75 Å². The fourth-order valence-electron chi connectivity index (χ4n) is 2.70. The van der Waals surface area contributed by atoms with E-state index in [4.69, 9.17) is 4.74 Å². The molecule has 104 valence electrons. The van der Waals surface area contributed by atoms with Gasteiger partial charge < -0.3 is 14.2 Å². The topological polar surface area (TPSA) is 17.4 Å². The number of methoxy groups -OCH3 is 1. The fourth-order valence-corrected chi connectivity index (χ4v) is 2.70. The van der Waals surface area contributed by atoms with Crippen molar-refractivity contribution in [3.63, 3.8) is 0 Å². The predicted molar refractivity (Wildman–Crippen MR) is 84.6 cm³/mol. The standard InChI is InChI=1S/C17H20N2O/c1-18(2)10-11-19-16-7-5-4-6-14(16)15-9-8-13(20-3)12-17(15)19/h4-9,12H,10-11H2,1-3H3. The van der Waals surface area contributed by atoms with Gasteiger partial charge in [0.15, 0.2) is 0 Å². The summed E-state index contributed by atoms with van der Waals surface area (Å²) in [6.45, 7) is 2.00. The Hall–Kier alpha value is -2.00. The second kappa shape index (κ2) is 5.17. The SMILES string of the molecule is COc1ccc2c3ccccc3n(CCN(C)C)c2c1. The monoisotopic (exact) mass is 268 g/mol. The molecule has 0 aliphatic heterocycles. The van der Waals surface area contributed by atoms with Crippen LogP contribution in [0, 0.1) is 0 Å². The second-order valence-electron chi connectivity index (χ2n) is 5.36. The van der Waals surface area contributed by atoms with Crippen LogP contribution >= 0.6 is 0 Å². The third kappa shape index (κ3) is 2.14. The molecule has 3 rings (SSSR count). The molecule has 2 aromatic carbocycles. The van der Waals surface area contributed by atoms with Crippen molar-refractivity contribution in [2.24, 2.45) is 0 Å². The molecule has 0 bridgehead atoms. The van der Waals surface area contributed by atoms with Crippen molar-refractivity contribution in [3.05, 3.63) is 42.5 Å². The maximum atomic E-state index is 5.38. The number of benzene rings is 2. The molecule has 3 heteroatoms. The maximum absolute atomic E-state index is 5.38. The molecule has 0 saturated carbocycles. The lowest BCUT2D eigenvalue weighted by atomic mass is 10.1. The lowest BCUT2D eigenvalue weighted by Crippen LogP contribution is -2.18. The number of rotatable bonds is 4. The van der Waals surface area contributed by atoms with Gasteiger partial charge in [0, 0.05) is 35.4 Å². The van der Waals surface area contributed by atoms with Crippen LogP contribution in [-0.4, -0.2) is 37.2 Å². The molecular formula is C17H20N2O. The van der Waals surface area contributed by atoms with E-state index < -0.39 is 0 Å². The molecule has 20 heavy (non-hydrogen) atoms. The summed E-state index contributed by atoms with van der Waals surface area (Å²) in [6, 6.07) is 14.9. The highest BCUT2D eigenvalue weighted by Crippen LogP contribution is 2.31. The van der Waals surface area contributed by atoms with Crippen LogP contribution in [0.3, 0.4) is 0 Å². The number of likely N-dealkylation sites (N-methyl/N-ethyl adjacent to an activating group) is 1. The molecule has 0 N–H and O–H groups in total. The van der Waals surface area contributed by atoms with Crippen molar-refractivity contribution in [1.29, 1.82) is 0 Å². The molecule has 0 amide bonds. The Morgan fingerprint density at radius 1 is 1.00 bits per heavy atom. The zero-order valence-corrected chi connectivity index (χ0v) is 12.3. The Labute approximate surface area is 119 Å². The molecule has 0 aliphatic carbocycles. The summed E-state index contributed by atoms with van der Waals surface area (Å²) < 4.78 is 7.76. The quantitative estimate of drug-likeness (QED) is 0.722. The van der Waals surface area contributed by atoms with Gasteiger partial charge in [-0.2, -0.15) is 0 Å². The van der Waals surface area contributed by atoms with Crippen LogP contribution in [0.15, 0.2) is 42.5 Å². The molecule has 3 nitrogen and oxygen atoms in total. The lowest BCUT2D eigenvalue weighted by Gasteiger charge is -2.12. The van der Waals surface area contributed by atoms with Crippen LogP contribution in [-0.2, 0) is 6.54 Å². The van der Waals surface area contributed by atoms with Gasteiger partial charge in [0.1, 0.15) is 5.75 Å². The van der Waals surface area contributed by atoms with E-state index in [9.17, 15) is 0 Å². The third-order valence-corrected chi connectivity index (χ3v) is 3.75. The van der Waals surface area contributed by atoms with Crippen molar-refractivity contribution in [2.75, 3.05) is 27.7 Å². The first-order valence-corrected chi connectivity index (χ1v) is 6.90. The van der Waals surface area contributed by atoms with Gasteiger partial charge in [0.2, 0.25) is 0 Å². The first kappa shape index (κ1) is 13.0. The van der Waals surface area contributed by atoms with Gasteiger partial charge >= 0.3 is 0 Å². The maximum Gasteiger partial charge on any atom is 0.120 e. The first-order valence-electron chi connectivity index (χ1n) is 6.90. The Balaban J connectivity index is 2.25. The van der Waals surface area contributed by atoms with Crippen molar-refractivity contribution < 1.29 is 4.74 Å². The Morgan fingerprint density at radius 2 is 1.75 bits per heavy atom. The van der Waals surface area contributed by atoms with Crippen LogP contribution in [0.5, 0.6) is 5.75 Å². The summed E-state index contributed by atoms with van der Waals surface area (Å²) >= 11 is 0. The smallest absolute Gasteiger partial charge is 0.120 e. The first-order chi connectivity index (χ1) is 9.70. The molecule has 0 aliphatic rings. The van der Waals surface area contributed by atoms with Gasteiger partial charge in [-0.15, -0.1) is 0 Å². The Morgan fingerprint density at radius 3 is 2.50 bits per heavy atom. The average molecular weight is 268 g/mol. The fraction of sp³-hybridized carbons (Fsp3) is 0.294. The largest absolute Gasteiger partial charge is 0.497 e. The van der Waals surface area contributed by atoms with E-state index in [2.05, 4.69) is 60.0 Å². The summed E-state index contributed by atoms with van der Waals surface area (Å²) in [5, 5.41) is 2.60. The van der Waals surface area contributed by atoms with Crippen LogP contribution in [0.4, 0.5) is 0 Å². The zero-order chi connectivity index (χ0) is 14.1. The predicted octanol–water partition coefficient (Wildman–Crippen LogP) is 3.36. The molecular weight excluding hydrogens is 248 g/mol. The molecule has 0 atom stereocenters. The summed E-state index contributed by atoms with van der Waals surface area (Å²) in [4.78, 5) is 2.21.